The van der Waals surface area contributed by atoms with E-state index in [9.17, 15) is 24.3 Å². The zero-order valence-electron chi connectivity index (χ0n) is 24.1. The van der Waals surface area contributed by atoms with Crippen LogP contribution in [-0.2, 0) is 33.3 Å². The maximum atomic E-state index is 13.3. The Hall–Kier alpha value is -3.54. The molecule has 2 rings (SSSR count). The third-order valence-electron chi connectivity index (χ3n) is 6.95. The highest BCUT2D eigenvalue weighted by molar-refractivity contribution is 6.23. The topological polar surface area (TPSA) is 163 Å². The molecule has 11 heteroatoms. The van der Waals surface area contributed by atoms with Crippen LogP contribution in [-0.4, -0.2) is 74.4 Å². The molecule has 220 valence electrons. The maximum absolute atomic E-state index is 13.3. The van der Waals surface area contributed by atoms with Crippen molar-refractivity contribution in [1.29, 1.82) is 0 Å². The summed E-state index contributed by atoms with van der Waals surface area (Å²) in [6.07, 6.45) is 3.61. The largest absolute Gasteiger partial charge is 0.492 e. The number of Topliss-reactive ketones (excluding diaryl/α,β-unsaturated/α-hetero) is 1. The molecule has 0 saturated carbocycles. The molecule has 0 spiro atoms. The van der Waals surface area contributed by atoms with Gasteiger partial charge in [-0.2, -0.15) is 0 Å². The molecule has 0 radical (unpaired) electrons. The van der Waals surface area contributed by atoms with Crippen molar-refractivity contribution in [1.82, 2.24) is 5.32 Å². The van der Waals surface area contributed by atoms with Gasteiger partial charge in [0, 0.05) is 37.4 Å². The van der Waals surface area contributed by atoms with Crippen LogP contribution in [0.3, 0.4) is 0 Å². The summed E-state index contributed by atoms with van der Waals surface area (Å²) < 4.78 is 21.7. The minimum Gasteiger partial charge on any atom is -0.492 e. The Balaban J connectivity index is 2.60. The number of ether oxygens (including phenoxy) is 4. The summed E-state index contributed by atoms with van der Waals surface area (Å²) in [4.78, 5) is 50.6. The van der Waals surface area contributed by atoms with Gasteiger partial charge in [0.05, 0.1) is 25.0 Å². The van der Waals surface area contributed by atoms with E-state index in [-0.39, 0.29) is 34.9 Å². The molecular weight excluding hydrogens is 520 g/mol. The molecule has 6 atom stereocenters. The summed E-state index contributed by atoms with van der Waals surface area (Å²) in [5.41, 5.74) is 6.12. The molecule has 0 aromatic heterocycles. The number of allylic oxidation sites excluding steroid dienone is 4. The summed E-state index contributed by atoms with van der Waals surface area (Å²) in [7, 11) is 4.21. The van der Waals surface area contributed by atoms with E-state index in [1.165, 1.54) is 34.3 Å². The maximum Gasteiger partial charge on any atom is 0.405 e. The Kier molecular flexibility index (Phi) is 12.0. The lowest BCUT2D eigenvalue weighted by Gasteiger charge is -2.29. The van der Waals surface area contributed by atoms with Crippen LogP contribution in [0.2, 0.25) is 0 Å². The molecule has 0 aromatic carbocycles. The predicted molar refractivity (Wildman–Crippen MR) is 147 cm³/mol. The first kappa shape index (κ1) is 32.7. The fraction of sp³-hybridized carbons (Fsp3) is 0.517. The number of aliphatic hydroxyl groups is 1. The molecule has 2 bridgehead atoms. The van der Waals surface area contributed by atoms with Crippen molar-refractivity contribution < 1.29 is 43.2 Å². The van der Waals surface area contributed by atoms with Crippen LogP contribution in [0.15, 0.2) is 58.6 Å². The van der Waals surface area contributed by atoms with Gasteiger partial charge in [-0.15, -0.1) is 0 Å². The second-order valence-corrected chi connectivity index (χ2v) is 10.1. The van der Waals surface area contributed by atoms with E-state index in [0.717, 1.165) is 6.08 Å². The van der Waals surface area contributed by atoms with Crippen LogP contribution < -0.4 is 11.1 Å². The van der Waals surface area contributed by atoms with Gasteiger partial charge in [-0.3, -0.25) is 14.4 Å². The van der Waals surface area contributed by atoms with E-state index in [1.807, 2.05) is 6.92 Å². The van der Waals surface area contributed by atoms with Gasteiger partial charge >= 0.3 is 6.09 Å². The number of carbonyl (C=O) groups excluding carboxylic acids is 4. The van der Waals surface area contributed by atoms with Crippen molar-refractivity contribution >= 4 is 23.6 Å². The van der Waals surface area contributed by atoms with Gasteiger partial charge in [-0.1, -0.05) is 38.2 Å². The lowest BCUT2D eigenvalue weighted by atomic mass is 9.85. The van der Waals surface area contributed by atoms with Crippen LogP contribution in [0, 0.1) is 11.8 Å². The minimum atomic E-state index is -1.00. The SMILES string of the molecule is COC1=C2C[C@@H](C)C[C@H](OC)[C@H](O)[C@@H](C)C=C(C)C(OC(N)=O)[C@@H](OC)C=CC=C(C)C(=O)NC(=CC1=O)C2=O. The normalized spacial score (nSPS) is 29.3. The number of nitrogens with two attached hydrogens (primary N) is 1. The van der Waals surface area contributed by atoms with E-state index in [4.69, 9.17) is 24.7 Å². The highest BCUT2D eigenvalue weighted by atomic mass is 16.6. The van der Waals surface area contributed by atoms with Gasteiger partial charge in [0.1, 0.15) is 6.10 Å². The van der Waals surface area contributed by atoms with Gasteiger partial charge in [-0.05, 0) is 38.2 Å². The number of fused-ring (bicyclic) bond motifs is 2. The number of amides is 2. The molecule has 1 unspecified atom stereocenters. The van der Waals surface area contributed by atoms with Crippen molar-refractivity contribution in [3.05, 3.63) is 58.6 Å². The van der Waals surface area contributed by atoms with Crippen LogP contribution >= 0.6 is 0 Å². The first-order valence-electron chi connectivity index (χ1n) is 13.0. The van der Waals surface area contributed by atoms with E-state index in [2.05, 4.69) is 5.32 Å². The lowest BCUT2D eigenvalue weighted by molar-refractivity contribution is -0.120. The Bertz CT molecular complexity index is 1150. The molecular formula is C29H40N2O9. The zero-order chi connectivity index (χ0) is 30.1. The number of primary amides is 1. The number of carbonyl (C=O) groups is 4. The average molecular weight is 561 g/mol. The Morgan fingerprint density at radius 2 is 1.77 bits per heavy atom. The summed E-state index contributed by atoms with van der Waals surface area (Å²) in [5, 5.41) is 13.7. The second-order valence-electron chi connectivity index (χ2n) is 10.1. The molecule has 11 nitrogen and oxygen atoms in total. The molecule has 0 aromatic rings. The molecule has 4 N–H and O–H groups in total. The fourth-order valence-electron chi connectivity index (χ4n) is 4.78. The van der Waals surface area contributed by atoms with Gasteiger partial charge in [0.2, 0.25) is 11.6 Å². The molecule has 0 fully saturated rings. The van der Waals surface area contributed by atoms with E-state index >= 15 is 0 Å². The average Bonchev–Trinajstić information content (AvgIpc) is 2.90. The van der Waals surface area contributed by atoms with Crippen LogP contribution in [0.25, 0.3) is 0 Å². The number of aliphatic hydroxyl groups excluding tert-OH is 1. The van der Waals surface area contributed by atoms with Gasteiger partial charge in [-0.25, -0.2) is 4.79 Å². The highest BCUT2D eigenvalue weighted by Gasteiger charge is 2.34. The van der Waals surface area contributed by atoms with Crippen molar-refractivity contribution in [2.45, 2.75) is 65.0 Å². The fourth-order valence-corrected chi connectivity index (χ4v) is 4.78. The lowest BCUT2D eigenvalue weighted by Crippen LogP contribution is -2.37. The molecule has 40 heavy (non-hydrogen) atoms. The Morgan fingerprint density at radius 1 is 1.10 bits per heavy atom. The molecule has 1 aliphatic heterocycles. The third-order valence-corrected chi connectivity index (χ3v) is 6.95. The second kappa shape index (κ2) is 14.7. The summed E-state index contributed by atoms with van der Waals surface area (Å²) in [6.45, 7) is 6.92. The van der Waals surface area contributed by atoms with Crippen molar-refractivity contribution in [2.24, 2.45) is 17.6 Å². The first-order valence-corrected chi connectivity index (χ1v) is 13.0. The Labute approximate surface area is 234 Å². The van der Waals surface area contributed by atoms with Gasteiger partial charge in [0.15, 0.2) is 11.9 Å². The number of methoxy groups -OCH3 is 3. The highest BCUT2D eigenvalue weighted by Crippen LogP contribution is 2.29. The minimum absolute atomic E-state index is 0.0801. The number of hydrogen-bond acceptors (Lipinski definition) is 9. The molecule has 2 aliphatic rings. The van der Waals surface area contributed by atoms with E-state index in [0.29, 0.717) is 12.0 Å². The standard InChI is InChI=1S/C29H40N2O9/c1-15-11-19-25(34)20(14-21(32)27(19)39-7)31-28(35)16(2)9-8-10-22(37-5)26(40-29(30)36)18(4)13-17(3)24(33)23(12-15)38-6/h8-10,13-15,17,22-24,26,33H,11-12H2,1-7H3,(H2,30,36)(H,31,35)/t15-,17+,22+,23+,24-,26?/m1/s1. The molecule has 0 saturated heterocycles. The van der Waals surface area contributed by atoms with Crippen molar-refractivity contribution in [2.75, 3.05) is 21.3 Å². The van der Waals surface area contributed by atoms with Crippen LogP contribution in [0.1, 0.15) is 40.5 Å². The van der Waals surface area contributed by atoms with E-state index < -0.39 is 53.9 Å². The number of hydrogen-bond donors (Lipinski definition) is 3. The predicted octanol–water partition coefficient (Wildman–Crippen LogP) is 2.41. The van der Waals surface area contributed by atoms with Gasteiger partial charge in [0.25, 0.3) is 5.91 Å². The van der Waals surface area contributed by atoms with E-state index in [1.54, 1.807) is 32.1 Å². The monoisotopic (exact) mass is 560 g/mol. The summed E-state index contributed by atoms with van der Waals surface area (Å²) in [5.74, 6) is -2.39. The van der Waals surface area contributed by atoms with Gasteiger partial charge < -0.3 is 35.1 Å². The van der Waals surface area contributed by atoms with Crippen molar-refractivity contribution in [3.8, 4) is 0 Å². The molecule has 1 heterocycles. The smallest absolute Gasteiger partial charge is 0.405 e. The van der Waals surface area contributed by atoms with Crippen LogP contribution in [0.5, 0.6) is 0 Å². The number of rotatable bonds is 4. The third kappa shape index (κ3) is 8.23. The number of nitrogens with one attached hydrogen (secondary N) is 1. The summed E-state index contributed by atoms with van der Waals surface area (Å²) >= 11 is 0. The van der Waals surface area contributed by atoms with Crippen molar-refractivity contribution in [3.63, 3.8) is 0 Å². The first-order chi connectivity index (χ1) is 18.8. The summed E-state index contributed by atoms with van der Waals surface area (Å²) in [6, 6.07) is 0. The Morgan fingerprint density at radius 3 is 2.35 bits per heavy atom. The zero-order valence-corrected chi connectivity index (χ0v) is 24.1. The molecule has 2 amide bonds. The quantitative estimate of drug-likeness (QED) is 0.346. The molecule has 1 aliphatic carbocycles. The van der Waals surface area contributed by atoms with Crippen LogP contribution in [0.4, 0.5) is 4.79 Å². The number of ketones is 2.